The summed E-state index contributed by atoms with van der Waals surface area (Å²) in [6.07, 6.45) is 0. The average molecular weight is 390 g/mol. The van der Waals surface area contributed by atoms with E-state index in [0.29, 0.717) is 11.1 Å². The van der Waals surface area contributed by atoms with Gasteiger partial charge in [-0.05, 0) is 43.5 Å². The highest BCUT2D eigenvalue weighted by Gasteiger charge is 2.14. The molecule has 1 amide bonds. The monoisotopic (exact) mass is 390 g/mol. The fourth-order valence-corrected chi connectivity index (χ4v) is 4.39. The van der Waals surface area contributed by atoms with Crippen LogP contribution in [0.25, 0.3) is 11.0 Å². The number of rotatable bonds is 6. The average Bonchev–Trinajstić information content (AvgIpc) is 3.15. The highest BCUT2D eigenvalue weighted by atomic mass is 32.2. The first-order valence-electron chi connectivity index (χ1n) is 7.93. The van der Waals surface area contributed by atoms with Crippen LogP contribution in [0.2, 0.25) is 0 Å². The van der Waals surface area contributed by atoms with Crippen LogP contribution in [0, 0.1) is 13.8 Å². The summed E-state index contributed by atoms with van der Waals surface area (Å²) in [6.45, 7) is 4.05. The van der Waals surface area contributed by atoms with Crippen LogP contribution >= 0.6 is 11.3 Å². The highest BCUT2D eigenvalue weighted by Crippen LogP contribution is 2.15. The second-order valence-corrected chi connectivity index (χ2v) is 8.63. The maximum Gasteiger partial charge on any atom is 0.251 e. The maximum atomic E-state index is 12.3. The molecule has 0 bridgehead atoms. The van der Waals surface area contributed by atoms with Crippen molar-refractivity contribution in [2.24, 2.45) is 0 Å². The van der Waals surface area contributed by atoms with Crippen LogP contribution in [0.1, 0.15) is 21.7 Å². The molecule has 2 N–H and O–H groups in total. The Morgan fingerprint density at radius 1 is 1.08 bits per heavy atom. The van der Waals surface area contributed by atoms with Gasteiger partial charge in [0.2, 0.25) is 10.0 Å². The summed E-state index contributed by atoms with van der Waals surface area (Å²) in [5, 5.41) is 4.39. The lowest BCUT2D eigenvalue weighted by molar-refractivity contribution is 0.0954. The first-order chi connectivity index (χ1) is 12.4. The van der Waals surface area contributed by atoms with Gasteiger partial charge in [-0.25, -0.2) is 23.1 Å². The Morgan fingerprint density at radius 2 is 1.81 bits per heavy atom. The number of aryl methyl sites for hydroxylation is 2. The molecule has 0 aliphatic heterocycles. The fourth-order valence-electron chi connectivity index (χ4n) is 2.32. The van der Waals surface area contributed by atoms with Gasteiger partial charge in [0.1, 0.15) is 4.21 Å². The summed E-state index contributed by atoms with van der Waals surface area (Å²) >= 11 is 1.14. The molecule has 0 saturated heterocycles. The molecule has 0 saturated carbocycles. The van der Waals surface area contributed by atoms with E-state index in [9.17, 15) is 13.2 Å². The molecule has 136 valence electrons. The van der Waals surface area contributed by atoms with E-state index in [0.717, 1.165) is 28.2 Å². The minimum Gasteiger partial charge on any atom is -0.351 e. The number of nitrogens with one attached hydrogen (secondary N) is 2. The van der Waals surface area contributed by atoms with Crippen LogP contribution < -0.4 is 10.0 Å². The van der Waals surface area contributed by atoms with Crippen molar-refractivity contribution in [3.63, 3.8) is 0 Å². The Hall–Kier alpha value is -2.36. The van der Waals surface area contributed by atoms with Gasteiger partial charge in [0.15, 0.2) is 0 Å². The molecule has 7 nitrogen and oxygen atoms in total. The molecule has 3 rings (SSSR count). The molecule has 0 atom stereocenters. The zero-order valence-corrected chi connectivity index (χ0v) is 15.9. The van der Waals surface area contributed by atoms with Crippen molar-refractivity contribution in [1.29, 1.82) is 0 Å². The molecule has 0 spiro atoms. The molecule has 0 radical (unpaired) electrons. The van der Waals surface area contributed by atoms with Gasteiger partial charge in [0, 0.05) is 18.7 Å². The summed E-state index contributed by atoms with van der Waals surface area (Å²) in [5.74, 6) is -0.290. The van der Waals surface area contributed by atoms with Gasteiger partial charge in [-0.3, -0.25) is 4.79 Å². The lowest BCUT2D eigenvalue weighted by atomic mass is 10.1. The van der Waals surface area contributed by atoms with Crippen LogP contribution in [0.15, 0.2) is 39.9 Å². The normalized spacial score (nSPS) is 11.6. The van der Waals surface area contributed by atoms with E-state index in [-0.39, 0.29) is 23.2 Å². The molecule has 0 fully saturated rings. The van der Waals surface area contributed by atoms with Crippen molar-refractivity contribution >= 4 is 38.3 Å². The molecular formula is C17H18N4O3S2. The summed E-state index contributed by atoms with van der Waals surface area (Å²) in [7, 11) is -3.52. The van der Waals surface area contributed by atoms with E-state index in [4.69, 9.17) is 0 Å². The first-order valence-corrected chi connectivity index (χ1v) is 10.3. The third kappa shape index (κ3) is 4.06. The van der Waals surface area contributed by atoms with Gasteiger partial charge >= 0.3 is 0 Å². The molecule has 1 aromatic carbocycles. The smallest absolute Gasteiger partial charge is 0.251 e. The first kappa shape index (κ1) is 18.4. The van der Waals surface area contributed by atoms with Crippen molar-refractivity contribution < 1.29 is 13.2 Å². The Balaban J connectivity index is 1.60. The lowest BCUT2D eigenvalue weighted by Gasteiger charge is -2.08. The fraction of sp³-hybridized carbons (Fsp3) is 0.235. The summed E-state index contributed by atoms with van der Waals surface area (Å²) in [4.78, 5) is 21.1. The zero-order valence-electron chi connectivity index (χ0n) is 14.3. The molecule has 3 aromatic rings. The number of benzene rings is 1. The molecule has 0 aliphatic carbocycles. The Labute approximate surface area is 155 Å². The van der Waals surface area contributed by atoms with Crippen LogP contribution in [-0.2, 0) is 10.0 Å². The third-order valence-corrected chi connectivity index (χ3v) is 6.66. The zero-order chi connectivity index (χ0) is 18.7. The Bertz CT molecular complexity index is 1050. The van der Waals surface area contributed by atoms with Gasteiger partial charge < -0.3 is 5.32 Å². The third-order valence-electron chi connectivity index (χ3n) is 3.80. The number of carbonyl (C=O) groups is 1. The Morgan fingerprint density at radius 3 is 2.50 bits per heavy atom. The Kier molecular flexibility index (Phi) is 5.30. The van der Waals surface area contributed by atoms with Crippen LogP contribution in [0.3, 0.4) is 0 Å². The molecular weight excluding hydrogens is 372 g/mol. The second-order valence-electron chi connectivity index (χ2n) is 5.68. The highest BCUT2D eigenvalue weighted by molar-refractivity contribution is 7.91. The maximum absolute atomic E-state index is 12.3. The topological polar surface area (TPSA) is 101 Å². The van der Waals surface area contributed by atoms with Crippen molar-refractivity contribution in [1.82, 2.24) is 20.0 Å². The van der Waals surface area contributed by atoms with Gasteiger partial charge in [-0.2, -0.15) is 0 Å². The minimum absolute atomic E-state index is 0.109. The predicted molar refractivity (Wildman–Crippen MR) is 101 cm³/mol. The number of amides is 1. The molecule has 2 aromatic heterocycles. The number of hydrogen-bond donors (Lipinski definition) is 2. The summed E-state index contributed by atoms with van der Waals surface area (Å²) in [5.41, 5.74) is 3.51. The molecule has 26 heavy (non-hydrogen) atoms. The number of hydrogen-bond acceptors (Lipinski definition) is 6. The van der Waals surface area contributed by atoms with E-state index in [1.165, 1.54) is 6.07 Å². The number of thiophene rings is 1. The number of sulfonamides is 1. The second kappa shape index (κ2) is 7.48. The number of aromatic nitrogens is 2. The summed E-state index contributed by atoms with van der Waals surface area (Å²) in [6, 6.07) is 8.32. The van der Waals surface area contributed by atoms with E-state index < -0.39 is 10.0 Å². The van der Waals surface area contributed by atoms with E-state index in [1.54, 1.807) is 29.6 Å². The van der Waals surface area contributed by atoms with Crippen LogP contribution in [0.4, 0.5) is 0 Å². The molecule has 0 aliphatic rings. The van der Waals surface area contributed by atoms with E-state index in [2.05, 4.69) is 20.0 Å². The van der Waals surface area contributed by atoms with Crippen LogP contribution in [0.5, 0.6) is 0 Å². The van der Waals surface area contributed by atoms with Crippen LogP contribution in [-0.4, -0.2) is 37.4 Å². The van der Waals surface area contributed by atoms with Gasteiger partial charge in [-0.15, -0.1) is 11.3 Å². The SMILES string of the molecule is Cc1nc2ccc(C(=O)NCCNS(=O)(=O)c3cccs3)cc2nc1C. The van der Waals surface area contributed by atoms with Crippen molar-refractivity contribution in [3.05, 3.63) is 52.7 Å². The number of fused-ring (bicyclic) bond motifs is 1. The van der Waals surface area contributed by atoms with E-state index >= 15 is 0 Å². The number of carbonyl (C=O) groups excluding carboxylic acids is 1. The van der Waals surface area contributed by atoms with Crippen molar-refractivity contribution in [2.45, 2.75) is 18.1 Å². The lowest BCUT2D eigenvalue weighted by Crippen LogP contribution is -2.34. The minimum atomic E-state index is -3.52. The molecule has 2 heterocycles. The van der Waals surface area contributed by atoms with Crippen molar-refractivity contribution in [2.75, 3.05) is 13.1 Å². The molecule has 0 unspecified atom stereocenters. The molecule has 9 heteroatoms. The summed E-state index contributed by atoms with van der Waals surface area (Å²) < 4.78 is 26.7. The predicted octanol–water partition coefficient (Wildman–Crippen LogP) is 2.02. The quantitative estimate of drug-likeness (QED) is 0.627. The largest absolute Gasteiger partial charge is 0.351 e. The number of nitrogens with zero attached hydrogens (tertiary/aromatic N) is 2. The van der Waals surface area contributed by atoms with Gasteiger partial charge in [-0.1, -0.05) is 6.07 Å². The van der Waals surface area contributed by atoms with Gasteiger partial charge in [0.05, 0.1) is 22.4 Å². The van der Waals surface area contributed by atoms with E-state index in [1.807, 2.05) is 13.8 Å². The van der Waals surface area contributed by atoms with Gasteiger partial charge in [0.25, 0.3) is 5.91 Å². The van der Waals surface area contributed by atoms with Crippen molar-refractivity contribution in [3.8, 4) is 0 Å². The standard InChI is InChI=1S/C17H18N4O3S2/c1-11-12(2)21-15-10-13(5-6-14(15)20-11)17(22)18-7-8-19-26(23,24)16-4-3-9-25-16/h3-6,9-10,19H,7-8H2,1-2H3,(H,18,22).